The van der Waals surface area contributed by atoms with E-state index >= 15 is 0 Å². The highest BCUT2D eigenvalue weighted by molar-refractivity contribution is 9.10. The fourth-order valence-corrected chi connectivity index (χ4v) is 1.54. The summed E-state index contributed by atoms with van der Waals surface area (Å²) in [7, 11) is 0. The van der Waals surface area contributed by atoms with Crippen molar-refractivity contribution < 1.29 is 13.2 Å². The molecule has 0 fully saturated rings. The van der Waals surface area contributed by atoms with Gasteiger partial charge >= 0.3 is 6.30 Å². The predicted molar refractivity (Wildman–Crippen MR) is 48.7 cm³/mol. The molecule has 1 aromatic heterocycles. The first kappa shape index (κ1) is 9.51. The Kier molecular flexibility index (Phi) is 2.02. The molecule has 0 amide bonds. The van der Waals surface area contributed by atoms with Crippen molar-refractivity contribution >= 4 is 26.8 Å². The highest BCUT2D eigenvalue weighted by Crippen LogP contribution is 2.28. The summed E-state index contributed by atoms with van der Waals surface area (Å²) in [5, 5.41) is 3.74. The molecular weight excluding hydrogens is 261 g/mol. The lowest BCUT2D eigenvalue weighted by molar-refractivity contribution is -0.209. The van der Waals surface area contributed by atoms with E-state index in [9.17, 15) is 13.2 Å². The van der Waals surface area contributed by atoms with Crippen LogP contribution in [-0.4, -0.2) is 9.78 Å². The molecule has 2 nitrogen and oxygen atoms in total. The van der Waals surface area contributed by atoms with Crippen molar-refractivity contribution in [1.82, 2.24) is 9.78 Å². The number of rotatable bonds is 0. The summed E-state index contributed by atoms with van der Waals surface area (Å²) in [4.78, 5) is 0. The minimum Gasteiger partial charge on any atom is -0.173 e. The first-order valence-corrected chi connectivity index (χ1v) is 4.48. The Morgan fingerprint density at radius 2 is 2.00 bits per heavy atom. The summed E-state index contributed by atoms with van der Waals surface area (Å²) in [5.74, 6) is 0. The van der Waals surface area contributed by atoms with Crippen LogP contribution in [0.4, 0.5) is 13.2 Å². The van der Waals surface area contributed by atoms with Gasteiger partial charge in [-0.05, 0) is 12.1 Å². The SMILES string of the molecule is FC(F)(F)n1ncc2ccc(Br)cc21. The molecule has 2 rings (SSSR count). The third kappa shape index (κ3) is 1.50. The van der Waals surface area contributed by atoms with Gasteiger partial charge in [0.15, 0.2) is 0 Å². The largest absolute Gasteiger partial charge is 0.505 e. The molecule has 0 saturated heterocycles. The Morgan fingerprint density at radius 3 is 2.64 bits per heavy atom. The first-order valence-electron chi connectivity index (χ1n) is 3.69. The minimum atomic E-state index is -4.47. The summed E-state index contributed by atoms with van der Waals surface area (Å²) in [6.07, 6.45) is -3.28. The highest BCUT2D eigenvalue weighted by Gasteiger charge is 2.33. The van der Waals surface area contributed by atoms with Crippen LogP contribution in [0.1, 0.15) is 0 Å². The van der Waals surface area contributed by atoms with Crippen LogP contribution in [0.5, 0.6) is 0 Å². The number of halogens is 4. The molecule has 2 aromatic rings. The Hall–Kier alpha value is -1.04. The van der Waals surface area contributed by atoms with Crippen molar-refractivity contribution in [3.63, 3.8) is 0 Å². The number of alkyl halides is 3. The van der Waals surface area contributed by atoms with Gasteiger partial charge in [-0.25, -0.2) is 0 Å². The fourth-order valence-electron chi connectivity index (χ4n) is 1.19. The van der Waals surface area contributed by atoms with E-state index < -0.39 is 6.30 Å². The van der Waals surface area contributed by atoms with Crippen molar-refractivity contribution in [2.75, 3.05) is 0 Å². The Labute approximate surface area is 85.4 Å². The number of hydrogen-bond acceptors (Lipinski definition) is 1. The van der Waals surface area contributed by atoms with Crippen molar-refractivity contribution in [2.45, 2.75) is 6.30 Å². The first-order chi connectivity index (χ1) is 6.48. The summed E-state index contributed by atoms with van der Waals surface area (Å²) in [6.45, 7) is 0. The number of nitrogens with zero attached hydrogens (tertiary/aromatic N) is 2. The van der Waals surface area contributed by atoms with E-state index in [1.54, 1.807) is 12.1 Å². The van der Waals surface area contributed by atoms with Crippen molar-refractivity contribution in [3.05, 3.63) is 28.9 Å². The summed E-state index contributed by atoms with van der Waals surface area (Å²) < 4.78 is 37.7. The normalized spacial score (nSPS) is 12.3. The van der Waals surface area contributed by atoms with Gasteiger partial charge in [0.1, 0.15) is 0 Å². The lowest BCUT2D eigenvalue weighted by Crippen LogP contribution is -2.17. The quantitative estimate of drug-likeness (QED) is 0.714. The molecule has 0 atom stereocenters. The van der Waals surface area contributed by atoms with E-state index in [0.29, 0.717) is 9.86 Å². The van der Waals surface area contributed by atoms with E-state index in [0.717, 1.165) is 0 Å². The van der Waals surface area contributed by atoms with E-state index in [1.165, 1.54) is 12.3 Å². The van der Waals surface area contributed by atoms with Crippen LogP contribution < -0.4 is 0 Å². The molecule has 0 radical (unpaired) electrons. The lowest BCUT2D eigenvalue weighted by atomic mass is 10.3. The Morgan fingerprint density at radius 1 is 1.29 bits per heavy atom. The third-order valence-corrected chi connectivity index (χ3v) is 2.27. The van der Waals surface area contributed by atoms with E-state index in [1.807, 2.05) is 0 Å². The maximum atomic E-state index is 12.4. The average Bonchev–Trinajstić information content (AvgIpc) is 2.45. The van der Waals surface area contributed by atoms with Gasteiger partial charge in [0, 0.05) is 9.86 Å². The maximum Gasteiger partial charge on any atom is 0.505 e. The van der Waals surface area contributed by atoms with Crippen LogP contribution in [0, 0.1) is 0 Å². The van der Waals surface area contributed by atoms with Gasteiger partial charge in [-0.15, -0.1) is 13.2 Å². The van der Waals surface area contributed by atoms with Crippen LogP contribution in [0.25, 0.3) is 10.9 Å². The van der Waals surface area contributed by atoms with Gasteiger partial charge in [0.25, 0.3) is 0 Å². The monoisotopic (exact) mass is 264 g/mol. The van der Waals surface area contributed by atoms with Gasteiger partial charge in [0.05, 0.1) is 11.7 Å². The second-order valence-electron chi connectivity index (χ2n) is 2.73. The zero-order valence-corrected chi connectivity index (χ0v) is 8.30. The summed E-state index contributed by atoms with van der Waals surface area (Å²) >= 11 is 3.11. The second-order valence-corrected chi connectivity index (χ2v) is 3.64. The van der Waals surface area contributed by atoms with Crippen molar-refractivity contribution in [1.29, 1.82) is 0 Å². The van der Waals surface area contributed by atoms with E-state index in [2.05, 4.69) is 21.0 Å². The van der Waals surface area contributed by atoms with E-state index in [-0.39, 0.29) is 10.2 Å². The lowest BCUT2D eigenvalue weighted by Gasteiger charge is -2.06. The maximum absolute atomic E-state index is 12.4. The fraction of sp³-hybridized carbons (Fsp3) is 0.125. The molecule has 1 heterocycles. The molecule has 74 valence electrons. The average molecular weight is 265 g/mol. The van der Waals surface area contributed by atoms with Gasteiger partial charge in [0.2, 0.25) is 0 Å². The van der Waals surface area contributed by atoms with Gasteiger partial charge < -0.3 is 0 Å². The molecule has 0 aliphatic carbocycles. The zero-order valence-electron chi connectivity index (χ0n) is 6.72. The zero-order chi connectivity index (χ0) is 10.3. The van der Waals surface area contributed by atoms with Gasteiger partial charge in [-0.2, -0.15) is 9.78 Å². The minimum absolute atomic E-state index is 0.0480. The molecule has 0 N–H and O–H groups in total. The van der Waals surface area contributed by atoms with Crippen LogP contribution in [0.3, 0.4) is 0 Å². The van der Waals surface area contributed by atoms with Crippen LogP contribution in [0.2, 0.25) is 0 Å². The number of fused-ring (bicyclic) bond motifs is 1. The van der Waals surface area contributed by atoms with Crippen LogP contribution in [0.15, 0.2) is 28.9 Å². The van der Waals surface area contributed by atoms with E-state index in [4.69, 9.17) is 0 Å². The molecule has 0 aliphatic rings. The van der Waals surface area contributed by atoms with Crippen LogP contribution >= 0.6 is 15.9 Å². The molecule has 0 aliphatic heterocycles. The predicted octanol–water partition coefficient (Wildman–Crippen LogP) is 3.28. The Balaban J connectivity index is 2.73. The number of aromatic nitrogens is 2. The highest BCUT2D eigenvalue weighted by atomic mass is 79.9. The van der Waals surface area contributed by atoms with Crippen LogP contribution in [-0.2, 0) is 6.30 Å². The molecule has 6 heteroatoms. The topological polar surface area (TPSA) is 17.8 Å². The standard InChI is InChI=1S/C8H4BrF3N2/c9-6-2-1-5-4-13-14(7(5)3-6)8(10,11)12/h1-4H. The molecule has 0 bridgehead atoms. The molecule has 0 spiro atoms. The summed E-state index contributed by atoms with van der Waals surface area (Å²) in [6, 6.07) is 4.63. The number of benzene rings is 1. The van der Waals surface area contributed by atoms with Crippen molar-refractivity contribution in [2.24, 2.45) is 0 Å². The molecule has 1 aromatic carbocycles. The molecule has 0 saturated carbocycles. The number of hydrogen-bond donors (Lipinski definition) is 0. The second kappa shape index (κ2) is 2.98. The Bertz CT molecular complexity index is 475. The molecular formula is C8H4BrF3N2. The summed E-state index contributed by atoms with van der Waals surface area (Å²) in [5.41, 5.74) is 0.0480. The molecule has 0 unspecified atom stereocenters. The van der Waals surface area contributed by atoms with Gasteiger partial charge in [-0.3, -0.25) is 0 Å². The van der Waals surface area contributed by atoms with Gasteiger partial charge in [-0.1, -0.05) is 22.0 Å². The smallest absolute Gasteiger partial charge is 0.173 e. The molecule has 14 heavy (non-hydrogen) atoms. The van der Waals surface area contributed by atoms with Crippen molar-refractivity contribution in [3.8, 4) is 0 Å². The third-order valence-electron chi connectivity index (χ3n) is 1.77.